The van der Waals surface area contributed by atoms with E-state index in [2.05, 4.69) is 78.4 Å². The number of aromatic nitrogens is 2. The molecule has 0 fully saturated rings. The molecule has 1 aliphatic heterocycles. The first-order chi connectivity index (χ1) is 16.5. The van der Waals surface area contributed by atoms with Crippen LogP contribution < -0.4 is 14.2 Å². The minimum atomic E-state index is -4.27. The van der Waals surface area contributed by atoms with Gasteiger partial charge < -0.3 is 14.2 Å². The van der Waals surface area contributed by atoms with E-state index in [-0.39, 0.29) is 4.90 Å². The molecule has 182 valence electrons. The Morgan fingerprint density at radius 1 is 0.886 bits per heavy atom. The molecular weight excluding hydrogens is 462 g/mol. The average molecular weight is 492 g/mol. The van der Waals surface area contributed by atoms with Gasteiger partial charge in [-0.15, -0.1) is 0 Å². The Hall–Kier alpha value is -3.62. The van der Waals surface area contributed by atoms with Crippen molar-refractivity contribution < 1.29 is 22.3 Å². The van der Waals surface area contributed by atoms with Gasteiger partial charge >= 0.3 is 0 Å². The van der Waals surface area contributed by atoms with Crippen molar-refractivity contribution in [2.24, 2.45) is 14.1 Å². The molecule has 0 spiro atoms. The smallest absolute Gasteiger partial charge is 0.287 e. The summed E-state index contributed by atoms with van der Waals surface area (Å²) >= 11 is 0. The summed E-state index contributed by atoms with van der Waals surface area (Å²) in [6.07, 6.45) is 2.10. The standard InChI is InChI=1S/C20H22N3O.C7H8O3S/c1-13-6-8-15-16(10-13)22(4)19(21(15)3)12-20-23(5)17-11-14(2)7-9-18(17)24-20;1-6-2-4-7(5-3-6)11(8,9)10/h6-12H,1-5H3;2-5H,1H3,(H,8,9,10)/q+1;/p-1. The lowest BCUT2D eigenvalue weighted by Crippen LogP contribution is -2.31. The van der Waals surface area contributed by atoms with Gasteiger partial charge in [-0.3, -0.25) is 0 Å². The van der Waals surface area contributed by atoms with Crippen LogP contribution in [0.2, 0.25) is 0 Å². The second-order valence-electron chi connectivity index (χ2n) is 8.85. The molecule has 0 saturated carbocycles. The zero-order chi connectivity index (χ0) is 25.5. The maximum Gasteiger partial charge on any atom is 0.287 e. The van der Waals surface area contributed by atoms with Crippen molar-refractivity contribution >= 4 is 32.9 Å². The minimum absolute atomic E-state index is 0.178. The lowest BCUT2D eigenvalue weighted by molar-refractivity contribution is -0.647. The highest BCUT2D eigenvalue weighted by Crippen LogP contribution is 2.38. The number of anilines is 1. The van der Waals surface area contributed by atoms with Crippen LogP contribution in [0.5, 0.6) is 5.75 Å². The monoisotopic (exact) mass is 491 g/mol. The molecule has 35 heavy (non-hydrogen) atoms. The number of fused-ring (bicyclic) bond motifs is 2. The molecule has 0 atom stereocenters. The highest BCUT2D eigenvalue weighted by Gasteiger charge is 2.26. The van der Waals surface area contributed by atoms with Gasteiger partial charge in [-0.1, -0.05) is 29.8 Å². The van der Waals surface area contributed by atoms with E-state index in [4.69, 9.17) is 4.74 Å². The third-order valence-corrected chi connectivity index (χ3v) is 6.97. The Morgan fingerprint density at radius 2 is 1.49 bits per heavy atom. The zero-order valence-corrected chi connectivity index (χ0v) is 21.6. The fraction of sp³-hybridized carbons (Fsp3) is 0.222. The summed E-state index contributed by atoms with van der Waals surface area (Å²) in [5, 5.41) is 0. The second kappa shape index (κ2) is 9.20. The molecule has 0 radical (unpaired) electrons. The van der Waals surface area contributed by atoms with Crippen molar-refractivity contribution in [3.05, 3.63) is 89.1 Å². The van der Waals surface area contributed by atoms with E-state index in [9.17, 15) is 13.0 Å². The number of nitrogens with zero attached hydrogens (tertiary/aromatic N) is 3. The highest BCUT2D eigenvalue weighted by atomic mass is 32.2. The molecule has 0 bridgehead atoms. The van der Waals surface area contributed by atoms with Crippen molar-refractivity contribution in [2.45, 2.75) is 25.7 Å². The molecule has 1 aromatic heterocycles. The third-order valence-electron chi connectivity index (χ3n) is 6.12. The van der Waals surface area contributed by atoms with Crippen LogP contribution in [0, 0.1) is 20.8 Å². The molecule has 8 heteroatoms. The number of imidazole rings is 1. The summed E-state index contributed by atoms with van der Waals surface area (Å²) in [4.78, 5) is 1.92. The molecule has 1 aliphatic rings. The first-order valence-corrected chi connectivity index (χ1v) is 12.6. The Kier molecular flexibility index (Phi) is 6.44. The summed E-state index contributed by atoms with van der Waals surface area (Å²) in [6, 6.07) is 18.6. The number of hydrogen-bond acceptors (Lipinski definition) is 5. The molecule has 0 N–H and O–H groups in total. The molecule has 0 amide bonds. The van der Waals surface area contributed by atoms with Crippen LogP contribution in [-0.2, 0) is 24.2 Å². The van der Waals surface area contributed by atoms with E-state index in [1.807, 2.05) is 20.0 Å². The van der Waals surface area contributed by atoms with Gasteiger partial charge in [-0.2, -0.15) is 0 Å². The Balaban J connectivity index is 0.000000221. The SMILES string of the molecule is Cc1ccc(S(=O)(=O)[O-])cc1.Cc1ccc2c(c1)N(C)C(=Cc1n(C)c3cc(C)ccc3[n+]1C)O2. The summed E-state index contributed by atoms with van der Waals surface area (Å²) in [7, 11) is 1.97. The fourth-order valence-electron chi connectivity index (χ4n) is 4.07. The van der Waals surface area contributed by atoms with Crippen LogP contribution in [0.15, 0.2) is 71.4 Å². The predicted molar refractivity (Wildman–Crippen MR) is 136 cm³/mol. The number of ether oxygens (including phenoxy) is 1. The number of hydrogen-bond donors (Lipinski definition) is 0. The largest absolute Gasteiger partial charge is 0.744 e. The van der Waals surface area contributed by atoms with Gasteiger partial charge in [0.15, 0.2) is 16.8 Å². The molecule has 5 rings (SSSR count). The van der Waals surface area contributed by atoms with Crippen molar-refractivity contribution in [1.29, 1.82) is 0 Å². The average Bonchev–Trinajstić information content (AvgIpc) is 3.22. The van der Waals surface area contributed by atoms with E-state index in [1.54, 1.807) is 12.1 Å². The van der Waals surface area contributed by atoms with Crippen molar-refractivity contribution in [3.63, 3.8) is 0 Å². The van der Waals surface area contributed by atoms with E-state index >= 15 is 0 Å². The lowest BCUT2D eigenvalue weighted by atomic mass is 10.2. The molecule has 3 aromatic carbocycles. The van der Waals surface area contributed by atoms with Gasteiger partial charge in [0.05, 0.1) is 30.8 Å². The van der Waals surface area contributed by atoms with E-state index in [0.29, 0.717) is 0 Å². The van der Waals surface area contributed by atoms with Crippen LogP contribution >= 0.6 is 0 Å². The maximum atomic E-state index is 10.4. The van der Waals surface area contributed by atoms with Crippen molar-refractivity contribution in [2.75, 3.05) is 11.9 Å². The molecule has 0 aliphatic carbocycles. The number of benzene rings is 3. The zero-order valence-electron chi connectivity index (χ0n) is 20.7. The van der Waals surface area contributed by atoms with E-state index in [1.165, 1.54) is 34.3 Å². The second-order valence-corrected chi connectivity index (χ2v) is 10.2. The summed E-state index contributed by atoms with van der Waals surface area (Å²) in [5.74, 6) is 2.85. The van der Waals surface area contributed by atoms with Crippen LogP contribution in [0.4, 0.5) is 5.69 Å². The topological polar surface area (TPSA) is 78.5 Å². The maximum absolute atomic E-state index is 10.4. The van der Waals surface area contributed by atoms with Gasteiger partial charge in [0.25, 0.3) is 5.82 Å². The first-order valence-electron chi connectivity index (χ1n) is 11.2. The summed E-state index contributed by atoms with van der Waals surface area (Å²) < 4.78 is 41.6. The van der Waals surface area contributed by atoms with Gasteiger partial charge in [0, 0.05) is 7.05 Å². The molecule has 0 unspecified atom stereocenters. The van der Waals surface area contributed by atoms with Crippen molar-refractivity contribution in [1.82, 2.24) is 4.57 Å². The third kappa shape index (κ3) is 4.94. The van der Waals surface area contributed by atoms with E-state index in [0.717, 1.165) is 28.7 Å². The quantitative estimate of drug-likeness (QED) is 0.308. The molecule has 4 aromatic rings. The lowest BCUT2D eigenvalue weighted by Gasteiger charge is -2.10. The minimum Gasteiger partial charge on any atom is -0.744 e. The van der Waals surface area contributed by atoms with E-state index < -0.39 is 10.1 Å². The molecule has 2 heterocycles. The highest BCUT2D eigenvalue weighted by molar-refractivity contribution is 7.85. The Morgan fingerprint density at radius 3 is 2.14 bits per heavy atom. The van der Waals surface area contributed by atoms with Gasteiger partial charge in [0.1, 0.15) is 10.1 Å². The van der Waals surface area contributed by atoms with Crippen LogP contribution in [-0.4, -0.2) is 24.6 Å². The van der Waals surface area contributed by atoms with Crippen LogP contribution in [0.1, 0.15) is 22.5 Å². The molecule has 7 nitrogen and oxygen atoms in total. The van der Waals surface area contributed by atoms with Crippen molar-refractivity contribution in [3.8, 4) is 5.75 Å². The first kappa shape index (κ1) is 24.5. The van der Waals surface area contributed by atoms with Gasteiger partial charge in [-0.25, -0.2) is 17.6 Å². The summed E-state index contributed by atoms with van der Waals surface area (Å²) in [6.45, 7) is 6.04. The fourth-order valence-corrected chi connectivity index (χ4v) is 4.54. The summed E-state index contributed by atoms with van der Waals surface area (Å²) in [5.41, 5.74) is 6.97. The Bertz CT molecular complexity index is 1550. The normalized spacial score (nSPS) is 14.0. The van der Waals surface area contributed by atoms with Crippen LogP contribution in [0.3, 0.4) is 0 Å². The number of aryl methyl sites for hydroxylation is 5. The number of rotatable bonds is 2. The molecular formula is C27H29N3O4S. The van der Waals surface area contributed by atoms with Crippen LogP contribution in [0.25, 0.3) is 17.1 Å². The van der Waals surface area contributed by atoms with Gasteiger partial charge in [-0.05, 0) is 68.3 Å². The van der Waals surface area contributed by atoms with Gasteiger partial charge in [0.2, 0.25) is 5.88 Å². The Labute approximate surface area is 206 Å². The predicted octanol–water partition coefficient (Wildman–Crippen LogP) is 4.35. The molecule has 0 saturated heterocycles.